The number of benzene rings is 1. The van der Waals surface area contributed by atoms with Crippen LogP contribution in [0.25, 0.3) is 0 Å². The zero-order valence-electron chi connectivity index (χ0n) is 19.1. The summed E-state index contributed by atoms with van der Waals surface area (Å²) >= 11 is 0. The lowest BCUT2D eigenvalue weighted by atomic mass is 9.71. The number of aliphatic hydroxyl groups is 1. The fraction of sp³-hybridized carbons (Fsp3) is 0.571. The van der Waals surface area contributed by atoms with Gasteiger partial charge in [0.15, 0.2) is 0 Å². The van der Waals surface area contributed by atoms with Gasteiger partial charge in [-0.25, -0.2) is 9.69 Å². The van der Waals surface area contributed by atoms with E-state index in [9.17, 15) is 42.8 Å². The van der Waals surface area contributed by atoms with Crippen LogP contribution in [0.15, 0.2) is 18.2 Å². The third kappa shape index (κ3) is 4.49. The number of carbonyl (C=O) groups is 3. The van der Waals surface area contributed by atoms with Gasteiger partial charge in [0.25, 0.3) is 5.91 Å². The molecule has 0 bridgehead atoms. The smallest absolute Gasteiger partial charge is 0.466 e. The van der Waals surface area contributed by atoms with Crippen molar-refractivity contribution < 1.29 is 51.8 Å². The molecule has 1 aromatic rings. The van der Waals surface area contributed by atoms with Gasteiger partial charge in [-0.1, -0.05) is 0 Å². The second kappa shape index (κ2) is 8.66. The molecule has 3 rings (SSSR count). The summed E-state index contributed by atoms with van der Waals surface area (Å²) in [4.78, 5) is 51.0. The van der Waals surface area contributed by atoms with Gasteiger partial charge in [-0.2, -0.15) is 0 Å². The van der Waals surface area contributed by atoms with Crippen LogP contribution < -0.4 is 9.64 Å². The van der Waals surface area contributed by atoms with Crippen molar-refractivity contribution in [3.63, 3.8) is 0 Å². The van der Waals surface area contributed by atoms with Crippen LogP contribution in [0.4, 0.5) is 23.7 Å². The lowest BCUT2D eigenvalue weighted by Crippen LogP contribution is -2.55. The molecule has 4 atom stereocenters. The maximum Gasteiger partial charge on any atom is 0.573 e. The third-order valence-electron chi connectivity index (χ3n) is 5.70. The van der Waals surface area contributed by atoms with E-state index < -0.39 is 76.1 Å². The van der Waals surface area contributed by atoms with Crippen molar-refractivity contribution in [3.05, 3.63) is 33.9 Å². The van der Waals surface area contributed by atoms with Crippen molar-refractivity contribution in [1.29, 1.82) is 0 Å². The lowest BCUT2D eigenvalue weighted by Gasteiger charge is -2.31. The number of ether oxygens (including phenoxy) is 3. The number of fused-ring (bicyclic) bond motifs is 2. The average Bonchev–Trinajstić information content (AvgIpc) is 3.13. The van der Waals surface area contributed by atoms with E-state index in [2.05, 4.69) is 4.74 Å². The fourth-order valence-electron chi connectivity index (χ4n) is 4.60. The van der Waals surface area contributed by atoms with E-state index in [4.69, 9.17) is 9.47 Å². The maximum absolute atomic E-state index is 13.8. The molecule has 1 heterocycles. The third-order valence-corrected chi connectivity index (χ3v) is 5.70. The fourth-order valence-corrected chi connectivity index (χ4v) is 4.60. The zero-order valence-corrected chi connectivity index (χ0v) is 19.1. The van der Waals surface area contributed by atoms with Crippen LogP contribution in [0.2, 0.25) is 0 Å². The van der Waals surface area contributed by atoms with Gasteiger partial charge in [0.05, 0.1) is 18.4 Å². The summed E-state index contributed by atoms with van der Waals surface area (Å²) in [7, 11) is 0. The predicted octanol–water partition coefficient (Wildman–Crippen LogP) is 2.69. The molecular formula is C21H23F3N2O9. The van der Waals surface area contributed by atoms with Crippen LogP contribution >= 0.6 is 0 Å². The highest BCUT2D eigenvalue weighted by atomic mass is 19.4. The first kappa shape index (κ1) is 26.2. The molecule has 1 fully saturated rings. The molecule has 1 aliphatic carbocycles. The van der Waals surface area contributed by atoms with Crippen LogP contribution in [-0.4, -0.2) is 58.7 Å². The Bertz CT molecular complexity index is 1070. The van der Waals surface area contributed by atoms with E-state index >= 15 is 0 Å². The number of hydrogen-bond acceptors (Lipinski definition) is 9. The van der Waals surface area contributed by atoms with E-state index in [-0.39, 0.29) is 12.3 Å². The van der Waals surface area contributed by atoms with Crippen LogP contribution in [0.3, 0.4) is 0 Å². The predicted molar refractivity (Wildman–Crippen MR) is 110 cm³/mol. The van der Waals surface area contributed by atoms with Crippen molar-refractivity contribution in [2.45, 2.75) is 63.6 Å². The number of imide groups is 1. The maximum atomic E-state index is 13.8. The molecule has 192 valence electrons. The highest BCUT2D eigenvalue weighted by Gasteiger charge is 2.73. The topological polar surface area (TPSA) is 146 Å². The first-order chi connectivity index (χ1) is 16.0. The standard InChI is InChI=1S/C21H23F3N2O9/c1-5-33-16(28)15-13(26(31)32)9-14(27)20(15)11-8-10(34-21(22,23)24)6-7-12(11)25(17(20)29)18(30)35-19(2,3)4/h6-8,13-15,27H,5,9H2,1-4H3. The molecule has 0 saturated heterocycles. The average molecular weight is 504 g/mol. The monoisotopic (exact) mass is 504 g/mol. The molecule has 1 N–H and O–H groups in total. The number of esters is 1. The molecule has 2 aliphatic rings. The molecule has 4 unspecified atom stereocenters. The Morgan fingerprint density at radius 3 is 2.43 bits per heavy atom. The first-order valence-corrected chi connectivity index (χ1v) is 10.5. The number of nitrogens with zero attached hydrogens (tertiary/aromatic N) is 2. The number of rotatable bonds is 4. The largest absolute Gasteiger partial charge is 0.573 e. The molecule has 2 amide bonds. The minimum Gasteiger partial charge on any atom is -0.466 e. The Kier molecular flexibility index (Phi) is 6.48. The number of hydrogen-bond donors (Lipinski definition) is 1. The summed E-state index contributed by atoms with van der Waals surface area (Å²) in [5.74, 6) is -5.26. The molecule has 1 aliphatic heterocycles. The number of carbonyl (C=O) groups excluding carboxylic acids is 3. The summed E-state index contributed by atoms with van der Waals surface area (Å²) in [6.07, 6.45) is -9.00. The molecule has 35 heavy (non-hydrogen) atoms. The van der Waals surface area contributed by atoms with Gasteiger partial charge in [0, 0.05) is 11.3 Å². The summed E-state index contributed by atoms with van der Waals surface area (Å²) in [6.45, 7) is 5.66. The molecule has 1 saturated carbocycles. The van der Waals surface area contributed by atoms with Crippen molar-refractivity contribution >= 4 is 23.7 Å². The number of aliphatic hydroxyl groups excluding tert-OH is 1. The van der Waals surface area contributed by atoms with Crippen LogP contribution in [-0.2, 0) is 24.5 Å². The number of halogens is 3. The molecule has 1 spiro atoms. The Hall–Kier alpha value is -3.42. The summed E-state index contributed by atoms with van der Waals surface area (Å²) in [5.41, 5.74) is -4.34. The van der Waals surface area contributed by atoms with Gasteiger partial charge in [-0.3, -0.25) is 19.7 Å². The number of anilines is 1. The van der Waals surface area contributed by atoms with Crippen molar-refractivity contribution in [3.8, 4) is 5.75 Å². The van der Waals surface area contributed by atoms with Gasteiger partial charge >= 0.3 is 18.4 Å². The quantitative estimate of drug-likeness (QED) is 0.371. The Morgan fingerprint density at radius 1 is 1.29 bits per heavy atom. The minimum absolute atomic E-state index is 0.236. The molecule has 0 aromatic heterocycles. The molecule has 1 aromatic carbocycles. The van der Waals surface area contributed by atoms with E-state index in [1.54, 1.807) is 0 Å². The van der Waals surface area contributed by atoms with Gasteiger partial charge in [0.1, 0.15) is 22.7 Å². The summed E-state index contributed by atoms with van der Waals surface area (Å²) in [5, 5.41) is 22.8. The Morgan fingerprint density at radius 2 is 1.91 bits per heavy atom. The molecule has 0 radical (unpaired) electrons. The molecule has 11 nitrogen and oxygen atoms in total. The number of nitro groups is 1. The second-order valence-corrected chi connectivity index (χ2v) is 9.05. The van der Waals surface area contributed by atoms with Crippen molar-refractivity contribution in [1.82, 2.24) is 0 Å². The Labute approximate surface area is 196 Å². The lowest BCUT2D eigenvalue weighted by molar-refractivity contribution is -0.527. The van der Waals surface area contributed by atoms with Gasteiger partial charge < -0.3 is 19.3 Å². The van der Waals surface area contributed by atoms with E-state index in [0.717, 1.165) is 18.2 Å². The van der Waals surface area contributed by atoms with E-state index in [1.807, 2.05) is 0 Å². The van der Waals surface area contributed by atoms with Crippen molar-refractivity contribution in [2.75, 3.05) is 11.5 Å². The van der Waals surface area contributed by atoms with Gasteiger partial charge in [0.2, 0.25) is 6.04 Å². The number of amides is 2. The molecular weight excluding hydrogens is 481 g/mol. The number of alkyl halides is 3. The van der Waals surface area contributed by atoms with E-state index in [1.165, 1.54) is 27.7 Å². The minimum atomic E-state index is -5.13. The summed E-state index contributed by atoms with van der Waals surface area (Å²) < 4.78 is 52.8. The highest BCUT2D eigenvalue weighted by molar-refractivity contribution is 6.23. The van der Waals surface area contributed by atoms with Gasteiger partial charge in [-0.15, -0.1) is 13.2 Å². The second-order valence-electron chi connectivity index (χ2n) is 9.05. The van der Waals surface area contributed by atoms with E-state index in [0.29, 0.717) is 4.90 Å². The highest BCUT2D eigenvalue weighted by Crippen LogP contribution is 2.56. The normalized spacial score (nSPS) is 26.0. The SMILES string of the molecule is CCOC(=O)C1C([N+](=O)[O-])CC(O)C12C(=O)N(C(=O)OC(C)(C)C)c1ccc(OC(F)(F)F)cc12. The van der Waals surface area contributed by atoms with Crippen LogP contribution in [0.5, 0.6) is 5.75 Å². The van der Waals surface area contributed by atoms with Crippen molar-refractivity contribution in [2.24, 2.45) is 5.92 Å². The zero-order chi connectivity index (χ0) is 26.5. The first-order valence-electron chi connectivity index (χ1n) is 10.5. The molecule has 14 heteroatoms. The Balaban J connectivity index is 2.29. The van der Waals surface area contributed by atoms with Gasteiger partial charge in [-0.05, 0) is 51.5 Å². The van der Waals surface area contributed by atoms with Crippen LogP contribution in [0, 0.1) is 16.0 Å². The summed E-state index contributed by atoms with van der Waals surface area (Å²) in [6, 6.07) is 0.665. The van der Waals surface area contributed by atoms with Crippen LogP contribution in [0.1, 0.15) is 39.7 Å².